The zero-order valence-corrected chi connectivity index (χ0v) is 10.4. The number of benzene rings is 1. The van der Waals surface area contributed by atoms with Crippen LogP contribution in [0.15, 0.2) is 18.2 Å². The molecule has 92 valence electrons. The molecule has 0 spiro atoms. The lowest BCUT2D eigenvalue weighted by Crippen LogP contribution is -2.27. The average Bonchev–Trinajstić information content (AvgIpc) is 2.29. The summed E-state index contributed by atoms with van der Waals surface area (Å²) >= 11 is 0. The van der Waals surface area contributed by atoms with Crippen molar-refractivity contribution in [2.24, 2.45) is 0 Å². The monoisotopic (exact) mass is 234 g/mol. The minimum atomic E-state index is -0.394. The van der Waals surface area contributed by atoms with Crippen molar-refractivity contribution in [1.29, 1.82) is 5.26 Å². The zero-order chi connectivity index (χ0) is 12.8. The van der Waals surface area contributed by atoms with E-state index in [9.17, 15) is 5.11 Å². The van der Waals surface area contributed by atoms with Crippen molar-refractivity contribution in [3.8, 4) is 17.6 Å². The van der Waals surface area contributed by atoms with Gasteiger partial charge in [-0.3, -0.25) is 5.32 Å². The van der Waals surface area contributed by atoms with Crippen LogP contribution in [0.4, 0.5) is 0 Å². The van der Waals surface area contributed by atoms with Crippen molar-refractivity contribution in [2.45, 2.75) is 32.9 Å². The van der Waals surface area contributed by atoms with Crippen LogP contribution in [0, 0.1) is 11.3 Å². The van der Waals surface area contributed by atoms with E-state index in [2.05, 4.69) is 11.4 Å². The number of nitrogens with zero attached hydrogens (tertiary/aromatic N) is 1. The third-order valence-corrected chi connectivity index (χ3v) is 2.25. The maximum atomic E-state index is 9.57. The predicted molar refractivity (Wildman–Crippen MR) is 65.9 cm³/mol. The summed E-state index contributed by atoms with van der Waals surface area (Å²) in [4.78, 5) is 0. The summed E-state index contributed by atoms with van der Waals surface area (Å²) in [5, 5.41) is 21.8. The van der Waals surface area contributed by atoms with Crippen molar-refractivity contribution in [1.82, 2.24) is 5.32 Å². The normalized spacial score (nSPS) is 12.2. The first kappa shape index (κ1) is 13.3. The molecule has 0 heterocycles. The fraction of sp³-hybridized carbons (Fsp3) is 0.462. The van der Waals surface area contributed by atoms with Crippen molar-refractivity contribution in [3.05, 3.63) is 23.8 Å². The molecule has 0 bridgehead atoms. The van der Waals surface area contributed by atoms with Crippen molar-refractivity contribution >= 4 is 0 Å². The molecule has 0 saturated carbocycles. The van der Waals surface area contributed by atoms with Crippen LogP contribution in [0.3, 0.4) is 0 Å². The van der Waals surface area contributed by atoms with Crippen molar-refractivity contribution in [2.75, 3.05) is 6.61 Å². The molecule has 0 saturated heterocycles. The van der Waals surface area contributed by atoms with Crippen LogP contribution in [0.5, 0.6) is 11.5 Å². The molecule has 0 aliphatic carbocycles. The van der Waals surface area contributed by atoms with E-state index in [0.29, 0.717) is 12.4 Å². The Labute approximate surface area is 102 Å². The van der Waals surface area contributed by atoms with E-state index in [1.807, 2.05) is 20.8 Å². The van der Waals surface area contributed by atoms with E-state index in [0.717, 1.165) is 5.56 Å². The number of hydrogen-bond acceptors (Lipinski definition) is 4. The highest BCUT2D eigenvalue weighted by atomic mass is 16.5. The summed E-state index contributed by atoms with van der Waals surface area (Å²) < 4.78 is 5.29. The summed E-state index contributed by atoms with van der Waals surface area (Å²) in [5.41, 5.74) is 0.794. The molecule has 17 heavy (non-hydrogen) atoms. The van der Waals surface area contributed by atoms with Crippen LogP contribution in [0.2, 0.25) is 0 Å². The minimum Gasteiger partial charge on any atom is -0.504 e. The van der Waals surface area contributed by atoms with E-state index >= 15 is 0 Å². The van der Waals surface area contributed by atoms with E-state index in [1.54, 1.807) is 18.2 Å². The summed E-state index contributed by atoms with van der Waals surface area (Å²) in [6.07, 6.45) is 0. The third kappa shape index (κ3) is 3.65. The lowest BCUT2D eigenvalue weighted by atomic mass is 10.1. The first-order valence-electron chi connectivity index (χ1n) is 5.69. The first-order valence-corrected chi connectivity index (χ1v) is 5.69. The smallest absolute Gasteiger partial charge is 0.161 e. The van der Waals surface area contributed by atoms with E-state index in [-0.39, 0.29) is 11.8 Å². The number of aromatic hydroxyl groups is 1. The van der Waals surface area contributed by atoms with Gasteiger partial charge in [0, 0.05) is 6.04 Å². The molecule has 0 radical (unpaired) electrons. The van der Waals surface area contributed by atoms with Gasteiger partial charge in [0.25, 0.3) is 0 Å². The highest BCUT2D eigenvalue weighted by molar-refractivity contribution is 5.43. The Morgan fingerprint density at radius 1 is 1.47 bits per heavy atom. The molecule has 1 aromatic rings. The maximum absolute atomic E-state index is 9.57. The maximum Gasteiger partial charge on any atom is 0.161 e. The van der Waals surface area contributed by atoms with Gasteiger partial charge in [0.15, 0.2) is 11.5 Å². The summed E-state index contributed by atoms with van der Waals surface area (Å²) in [7, 11) is 0. The van der Waals surface area contributed by atoms with Crippen LogP contribution in [-0.2, 0) is 0 Å². The van der Waals surface area contributed by atoms with Crippen LogP contribution >= 0.6 is 0 Å². The predicted octanol–water partition coefficient (Wildman–Crippen LogP) is 2.35. The van der Waals surface area contributed by atoms with Gasteiger partial charge in [-0.15, -0.1) is 0 Å². The number of phenols is 1. The molecule has 4 heteroatoms. The Hall–Kier alpha value is -1.73. The second kappa shape index (κ2) is 6.12. The topological polar surface area (TPSA) is 65.3 Å². The quantitative estimate of drug-likeness (QED) is 0.820. The standard InChI is InChI=1S/C13H18N2O2/c1-4-17-13-7-10(5-6-12(13)16)11(8-14)15-9(2)3/h5-7,9,11,15-16H,4H2,1-3H3. The van der Waals surface area contributed by atoms with Crippen LogP contribution in [0.25, 0.3) is 0 Å². The van der Waals surface area contributed by atoms with Crippen molar-refractivity contribution < 1.29 is 9.84 Å². The molecule has 0 aliphatic heterocycles. The van der Waals surface area contributed by atoms with Gasteiger partial charge in [-0.05, 0) is 38.5 Å². The lowest BCUT2D eigenvalue weighted by Gasteiger charge is -2.16. The largest absolute Gasteiger partial charge is 0.504 e. The highest BCUT2D eigenvalue weighted by Gasteiger charge is 2.13. The van der Waals surface area contributed by atoms with Gasteiger partial charge in [0.05, 0.1) is 12.7 Å². The Kier molecular flexibility index (Phi) is 4.80. The van der Waals surface area contributed by atoms with Gasteiger partial charge in [-0.1, -0.05) is 6.07 Å². The minimum absolute atomic E-state index is 0.0943. The molecule has 0 aliphatic rings. The Morgan fingerprint density at radius 2 is 2.18 bits per heavy atom. The van der Waals surface area contributed by atoms with Gasteiger partial charge in [0.1, 0.15) is 6.04 Å². The first-order chi connectivity index (χ1) is 8.08. The Balaban J connectivity index is 2.97. The molecule has 0 fully saturated rings. The van der Waals surface area contributed by atoms with Gasteiger partial charge in [0.2, 0.25) is 0 Å². The second-order valence-corrected chi connectivity index (χ2v) is 4.04. The molecule has 4 nitrogen and oxygen atoms in total. The summed E-state index contributed by atoms with van der Waals surface area (Å²) in [6.45, 7) is 6.29. The molecule has 0 amide bonds. The molecule has 2 N–H and O–H groups in total. The Bertz CT molecular complexity index is 410. The third-order valence-electron chi connectivity index (χ3n) is 2.25. The number of rotatable bonds is 5. The molecule has 1 unspecified atom stereocenters. The molecular formula is C13H18N2O2. The molecule has 1 aromatic carbocycles. The van der Waals surface area contributed by atoms with E-state index < -0.39 is 6.04 Å². The van der Waals surface area contributed by atoms with E-state index in [1.165, 1.54) is 0 Å². The number of hydrogen-bond donors (Lipinski definition) is 2. The fourth-order valence-electron chi connectivity index (χ4n) is 1.52. The van der Waals surface area contributed by atoms with Gasteiger partial charge in [-0.25, -0.2) is 0 Å². The molecule has 0 aromatic heterocycles. The van der Waals surface area contributed by atoms with Crippen LogP contribution in [-0.4, -0.2) is 17.8 Å². The fourth-order valence-corrected chi connectivity index (χ4v) is 1.52. The summed E-state index contributed by atoms with van der Waals surface area (Å²) in [5.74, 6) is 0.507. The zero-order valence-electron chi connectivity index (χ0n) is 10.4. The molecule has 1 atom stereocenters. The van der Waals surface area contributed by atoms with Gasteiger partial charge >= 0.3 is 0 Å². The lowest BCUT2D eigenvalue weighted by molar-refractivity contribution is 0.317. The van der Waals surface area contributed by atoms with Gasteiger partial charge in [-0.2, -0.15) is 5.26 Å². The SMILES string of the molecule is CCOc1cc(C(C#N)NC(C)C)ccc1O. The number of nitriles is 1. The molecule has 1 rings (SSSR count). The Morgan fingerprint density at radius 3 is 2.71 bits per heavy atom. The second-order valence-electron chi connectivity index (χ2n) is 4.04. The number of nitrogens with one attached hydrogen (secondary N) is 1. The van der Waals surface area contributed by atoms with Gasteiger partial charge < -0.3 is 9.84 Å². The highest BCUT2D eigenvalue weighted by Crippen LogP contribution is 2.29. The average molecular weight is 234 g/mol. The number of ether oxygens (including phenoxy) is 1. The van der Waals surface area contributed by atoms with Crippen LogP contribution < -0.4 is 10.1 Å². The molecular weight excluding hydrogens is 216 g/mol. The van der Waals surface area contributed by atoms with E-state index in [4.69, 9.17) is 10.00 Å². The summed E-state index contributed by atoms with van der Waals surface area (Å²) in [6, 6.07) is 6.98. The van der Waals surface area contributed by atoms with Crippen LogP contribution in [0.1, 0.15) is 32.4 Å². The van der Waals surface area contributed by atoms with Crippen molar-refractivity contribution in [3.63, 3.8) is 0 Å². The number of phenolic OH excluding ortho intramolecular Hbond substituents is 1.